The molecule has 0 aliphatic heterocycles. The average molecular weight is 490 g/mol. The zero-order valence-electron chi connectivity index (χ0n) is 20.7. The molecule has 0 unspecified atom stereocenters. The number of aromatic amines is 1. The molecule has 4 aromatic carbocycles. The molecule has 7 nitrogen and oxygen atoms in total. The van der Waals surface area contributed by atoms with Gasteiger partial charge >= 0.3 is 0 Å². The number of anilines is 1. The Hall–Kier alpha value is -4.91. The summed E-state index contributed by atoms with van der Waals surface area (Å²) in [5, 5.41) is 13.5. The van der Waals surface area contributed by atoms with Crippen molar-refractivity contribution < 1.29 is 9.53 Å². The molecule has 184 valence electrons. The van der Waals surface area contributed by atoms with E-state index in [1.54, 1.807) is 12.3 Å². The smallest absolute Gasteiger partial charge is 0.289 e. The highest BCUT2D eigenvalue weighted by atomic mass is 16.5. The van der Waals surface area contributed by atoms with Crippen LogP contribution in [0.25, 0.3) is 22.0 Å². The second-order valence-electron chi connectivity index (χ2n) is 8.78. The summed E-state index contributed by atoms with van der Waals surface area (Å²) in [5.41, 5.74) is 7.33. The maximum Gasteiger partial charge on any atom is 0.289 e. The van der Waals surface area contributed by atoms with Crippen molar-refractivity contribution in [3.05, 3.63) is 114 Å². The highest BCUT2D eigenvalue weighted by Crippen LogP contribution is 2.30. The molecule has 0 atom stereocenters. The van der Waals surface area contributed by atoms with E-state index >= 15 is 0 Å². The van der Waals surface area contributed by atoms with Crippen LogP contribution in [-0.4, -0.2) is 36.4 Å². The molecule has 0 radical (unpaired) electrons. The van der Waals surface area contributed by atoms with Crippen LogP contribution >= 0.6 is 0 Å². The van der Waals surface area contributed by atoms with Gasteiger partial charge in [0, 0.05) is 25.3 Å². The van der Waals surface area contributed by atoms with E-state index in [1.165, 1.54) is 5.39 Å². The minimum atomic E-state index is -0.380. The second kappa shape index (κ2) is 10.8. The number of hydrazone groups is 1. The van der Waals surface area contributed by atoms with Gasteiger partial charge in [0.25, 0.3) is 5.91 Å². The molecule has 1 heterocycles. The predicted molar refractivity (Wildman–Crippen MR) is 148 cm³/mol. The summed E-state index contributed by atoms with van der Waals surface area (Å²) in [5.74, 6) is 0.308. The Kier molecular flexibility index (Phi) is 6.94. The maximum atomic E-state index is 12.6. The summed E-state index contributed by atoms with van der Waals surface area (Å²) >= 11 is 0. The summed E-state index contributed by atoms with van der Waals surface area (Å²) < 4.78 is 6.21. The summed E-state index contributed by atoms with van der Waals surface area (Å²) in [7, 11) is 3.97. The van der Waals surface area contributed by atoms with Crippen molar-refractivity contribution in [1.82, 2.24) is 15.6 Å². The lowest BCUT2D eigenvalue weighted by atomic mass is 10.1. The lowest BCUT2D eigenvalue weighted by molar-refractivity contribution is 0.0950. The molecule has 1 aromatic heterocycles. The second-order valence-corrected chi connectivity index (χ2v) is 8.78. The Morgan fingerprint density at radius 1 is 0.973 bits per heavy atom. The average Bonchev–Trinajstić information content (AvgIpc) is 3.43. The fraction of sp³-hybridized carbons (Fsp3) is 0.100. The Balaban J connectivity index is 1.27. The summed E-state index contributed by atoms with van der Waals surface area (Å²) in [6.07, 6.45) is 1.60. The van der Waals surface area contributed by atoms with Gasteiger partial charge in [-0.3, -0.25) is 9.89 Å². The minimum Gasteiger partial charge on any atom is -0.488 e. The first kappa shape index (κ1) is 23.8. The highest BCUT2D eigenvalue weighted by Gasteiger charge is 2.14. The van der Waals surface area contributed by atoms with E-state index in [4.69, 9.17) is 4.74 Å². The molecular weight excluding hydrogens is 462 g/mol. The van der Waals surface area contributed by atoms with Crippen molar-refractivity contribution in [2.45, 2.75) is 6.61 Å². The lowest BCUT2D eigenvalue weighted by Gasteiger charge is -2.12. The number of carbonyl (C=O) groups is 1. The van der Waals surface area contributed by atoms with Crippen molar-refractivity contribution in [3.63, 3.8) is 0 Å². The van der Waals surface area contributed by atoms with Crippen molar-refractivity contribution in [2.75, 3.05) is 19.0 Å². The molecule has 0 spiro atoms. The number of rotatable bonds is 8. The van der Waals surface area contributed by atoms with Gasteiger partial charge in [0.05, 0.1) is 11.9 Å². The first-order valence-electron chi connectivity index (χ1n) is 11.9. The van der Waals surface area contributed by atoms with Gasteiger partial charge in [0.1, 0.15) is 18.1 Å². The monoisotopic (exact) mass is 489 g/mol. The molecule has 7 heteroatoms. The van der Waals surface area contributed by atoms with Crippen LogP contribution in [0.5, 0.6) is 5.75 Å². The van der Waals surface area contributed by atoms with Crippen molar-refractivity contribution >= 4 is 28.6 Å². The predicted octanol–water partition coefficient (Wildman–Crippen LogP) is 5.64. The molecular formula is C30H27N5O2. The van der Waals surface area contributed by atoms with Crippen LogP contribution in [0.4, 0.5) is 5.69 Å². The van der Waals surface area contributed by atoms with E-state index in [9.17, 15) is 4.79 Å². The number of benzene rings is 4. The van der Waals surface area contributed by atoms with Gasteiger partial charge in [-0.25, -0.2) is 5.43 Å². The van der Waals surface area contributed by atoms with E-state index in [0.29, 0.717) is 23.7 Å². The van der Waals surface area contributed by atoms with Crippen LogP contribution in [0.15, 0.2) is 102 Å². The number of para-hydroxylation sites is 1. The van der Waals surface area contributed by atoms with Crippen LogP contribution in [0.2, 0.25) is 0 Å². The van der Waals surface area contributed by atoms with E-state index in [2.05, 4.69) is 45.0 Å². The molecule has 0 fully saturated rings. The van der Waals surface area contributed by atoms with Gasteiger partial charge < -0.3 is 9.64 Å². The van der Waals surface area contributed by atoms with Gasteiger partial charge in [-0.2, -0.15) is 10.2 Å². The van der Waals surface area contributed by atoms with Gasteiger partial charge in [0.15, 0.2) is 0 Å². The topological polar surface area (TPSA) is 82.6 Å². The quantitative estimate of drug-likeness (QED) is 0.218. The number of carbonyl (C=O) groups excluding carboxylic acids is 1. The number of aromatic nitrogens is 2. The molecule has 0 bridgehead atoms. The molecule has 0 saturated carbocycles. The number of hydrogen-bond acceptors (Lipinski definition) is 5. The van der Waals surface area contributed by atoms with Gasteiger partial charge in [-0.1, -0.05) is 66.7 Å². The van der Waals surface area contributed by atoms with Crippen molar-refractivity contribution in [3.8, 4) is 17.0 Å². The molecule has 0 aliphatic carbocycles. The normalized spacial score (nSPS) is 11.1. The van der Waals surface area contributed by atoms with E-state index in [1.807, 2.05) is 85.7 Å². The van der Waals surface area contributed by atoms with Crippen LogP contribution in [0, 0.1) is 0 Å². The Labute approximate surface area is 215 Å². The summed E-state index contributed by atoms with van der Waals surface area (Å²) in [6, 6.07) is 31.7. The third-order valence-corrected chi connectivity index (χ3v) is 6.04. The number of nitrogens with zero attached hydrogens (tertiary/aromatic N) is 3. The molecule has 1 amide bonds. The van der Waals surface area contributed by atoms with Crippen LogP contribution < -0.4 is 15.1 Å². The van der Waals surface area contributed by atoms with Crippen LogP contribution in [0.3, 0.4) is 0 Å². The van der Waals surface area contributed by atoms with Gasteiger partial charge in [-0.05, 0) is 52.2 Å². The largest absolute Gasteiger partial charge is 0.488 e. The first-order chi connectivity index (χ1) is 18.1. The third kappa shape index (κ3) is 5.51. The van der Waals surface area contributed by atoms with Gasteiger partial charge in [0.2, 0.25) is 0 Å². The van der Waals surface area contributed by atoms with E-state index < -0.39 is 0 Å². The number of nitrogens with one attached hydrogen (secondary N) is 2. The maximum absolute atomic E-state index is 12.6. The zero-order valence-corrected chi connectivity index (χ0v) is 20.7. The van der Waals surface area contributed by atoms with E-state index in [0.717, 1.165) is 27.8 Å². The number of amides is 1. The molecule has 2 N–H and O–H groups in total. The Morgan fingerprint density at radius 2 is 1.73 bits per heavy atom. The van der Waals surface area contributed by atoms with Crippen LogP contribution in [-0.2, 0) is 6.61 Å². The molecule has 5 aromatic rings. The Bertz CT molecular complexity index is 1550. The molecule has 0 saturated heterocycles. The molecule has 0 aliphatic rings. The van der Waals surface area contributed by atoms with E-state index in [-0.39, 0.29) is 5.91 Å². The Morgan fingerprint density at radius 3 is 2.57 bits per heavy atom. The third-order valence-electron chi connectivity index (χ3n) is 6.04. The SMILES string of the molecule is CN(C)c1ccc(C=NNC(=O)c2cc(-c3ccccc3OCc3cccc4ccccc34)n[nH]2)cc1. The number of hydrogen-bond donors (Lipinski definition) is 2. The minimum absolute atomic E-state index is 0.305. The fourth-order valence-corrected chi connectivity index (χ4v) is 4.04. The standard InChI is InChI=1S/C30H27N5O2/c1-35(2)24-16-14-21(15-17-24)19-31-34-30(36)28-18-27(32-33-28)26-12-5-6-13-29(26)37-20-23-10-7-9-22-8-3-4-11-25(22)23/h3-19H,20H2,1-2H3,(H,32,33)(H,34,36). The molecule has 5 rings (SSSR count). The highest BCUT2D eigenvalue weighted by molar-refractivity contribution is 5.94. The van der Waals surface area contributed by atoms with Crippen LogP contribution in [0.1, 0.15) is 21.6 Å². The summed E-state index contributed by atoms with van der Waals surface area (Å²) in [4.78, 5) is 14.6. The number of fused-ring (bicyclic) bond motifs is 1. The van der Waals surface area contributed by atoms with Gasteiger partial charge in [-0.15, -0.1) is 0 Å². The first-order valence-corrected chi connectivity index (χ1v) is 11.9. The zero-order chi connectivity index (χ0) is 25.6. The molecule has 37 heavy (non-hydrogen) atoms. The number of H-pyrrole nitrogens is 1. The lowest BCUT2D eigenvalue weighted by Crippen LogP contribution is -2.18. The fourth-order valence-electron chi connectivity index (χ4n) is 4.04. The van der Waals surface area contributed by atoms with Crippen molar-refractivity contribution in [2.24, 2.45) is 5.10 Å². The van der Waals surface area contributed by atoms with Crippen molar-refractivity contribution in [1.29, 1.82) is 0 Å². The number of ether oxygens (including phenoxy) is 1. The summed E-state index contributed by atoms with van der Waals surface area (Å²) in [6.45, 7) is 0.417.